The summed E-state index contributed by atoms with van der Waals surface area (Å²) in [5.41, 5.74) is 4.45. The van der Waals surface area contributed by atoms with Gasteiger partial charge in [0.1, 0.15) is 0 Å². The number of aromatic nitrogens is 3. The molecule has 1 aliphatic heterocycles. The molecule has 0 aliphatic carbocycles. The van der Waals surface area contributed by atoms with Crippen molar-refractivity contribution in [1.82, 2.24) is 30.1 Å². The lowest BCUT2D eigenvalue weighted by Crippen LogP contribution is -2.31. The summed E-state index contributed by atoms with van der Waals surface area (Å²) in [6.07, 6.45) is 5.97. The number of fused-ring (bicyclic) bond motifs is 2. The second-order valence-corrected chi connectivity index (χ2v) is 8.14. The van der Waals surface area contributed by atoms with Gasteiger partial charge in [0.2, 0.25) is 0 Å². The van der Waals surface area contributed by atoms with Crippen LogP contribution in [0.5, 0.6) is 0 Å². The summed E-state index contributed by atoms with van der Waals surface area (Å²) in [7, 11) is 0. The first-order chi connectivity index (χ1) is 15.3. The van der Waals surface area contributed by atoms with E-state index >= 15 is 0 Å². The molecule has 0 unspecified atom stereocenters. The summed E-state index contributed by atoms with van der Waals surface area (Å²) in [6.45, 7) is 7.49. The van der Waals surface area contributed by atoms with E-state index in [1.807, 2.05) is 24.5 Å². The van der Waals surface area contributed by atoms with E-state index in [4.69, 9.17) is 4.98 Å². The molecular formula is C25H32N6. The Bertz CT molecular complexity index is 831. The predicted octanol–water partition coefficient (Wildman–Crippen LogP) is 3.26. The molecule has 4 heterocycles. The number of nitrogens with zero attached hydrogens (tertiary/aromatic N) is 5. The highest BCUT2D eigenvalue weighted by atomic mass is 15.2. The average molecular weight is 417 g/mol. The SMILES string of the molecule is c1ccc(CN2CCCNCCCN(Cc3ccccn3)Cc3cccc(n3)C2)nc1. The highest BCUT2D eigenvalue weighted by molar-refractivity contribution is 5.12. The molecule has 0 atom stereocenters. The number of hydrogen-bond donors (Lipinski definition) is 1. The lowest BCUT2D eigenvalue weighted by Gasteiger charge is -2.24. The van der Waals surface area contributed by atoms with E-state index in [0.717, 1.165) is 88.0 Å². The van der Waals surface area contributed by atoms with Crippen LogP contribution in [0.4, 0.5) is 0 Å². The van der Waals surface area contributed by atoms with E-state index in [1.165, 1.54) is 0 Å². The second kappa shape index (κ2) is 11.6. The fourth-order valence-electron chi connectivity index (χ4n) is 4.01. The molecular weight excluding hydrogens is 384 g/mol. The Labute approximate surface area is 185 Å². The minimum atomic E-state index is 0.838. The summed E-state index contributed by atoms with van der Waals surface area (Å²) < 4.78 is 0. The molecule has 0 saturated heterocycles. The molecule has 1 N–H and O–H groups in total. The third-order valence-corrected chi connectivity index (χ3v) is 5.51. The van der Waals surface area contributed by atoms with Crippen LogP contribution < -0.4 is 5.32 Å². The van der Waals surface area contributed by atoms with Crippen LogP contribution in [0.2, 0.25) is 0 Å². The molecule has 0 fully saturated rings. The molecule has 2 bridgehead atoms. The van der Waals surface area contributed by atoms with Gasteiger partial charge >= 0.3 is 0 Å². The van der Waals surface area contributed by atoms with Crippen LogP contribution in [0.1, 0.15) is 35.6 Å². The second-order valence-electron chi connectivity index (χ2n) is 8.14. The van der Waals surface area contributed by atoms with Gasteiger partial charge in [-0.05, 0) is 62.3 Å². The molecule has 0 radical (unpaired) electrons. The molecule has 0 saturated carbocycles. The Hall–Kier alpha value is -2.67. The number of hydrogen-bond acceptors (Lipinski definition) is 6. The fourth-order valence-corrected chi connectivity index (χ4v) is 4.01. The zero-order chi connectivity index (χ0) is 21.1. The number of nitrogens with one attached hydrogen (secondary N) is 1. The van der Waals surface area contributed by atoms with Gasteiger partial charge in [-0.25, -0.2) is 0 Å². The zero-order valence-corrected chi connectivity index (χ0v) is 18.2. The van der Waals surface area contributed by atoms with Gasteiger partial charge in [0.25, 0.3) is 0 Å². The van der Waals surface area contributed by atoms with Crippen molar-refractivity contribution in [2.24, 2.45) is 0 Å². The summed E-state index contributed by atoms with van der Waals surface area (Å²) in [4.78, 5) is 18.9. The van der Waals surface area contributed by atoms with Crippen molar-refractivity contribution in [1.29, 1.82) is 0 Å². The van der Waals surface area contributed by atoms with Gasteiger partial charge in [-0.1, -0.05) is 18.2 Å². The van der Waals surface area contributed by atoms with Gasteiger partial charge in [0.05, 0.1) is 22.8 Å². The lowest BCUT2D eigenvalue weighted by atomic mass is 10.2. The van der Waals surface area contributed by atoms with E-state index in [-0.39, 0.29) is 0 Å². The van der Waals surface area contributed by atoms with Crippen LogP contribution in [0, 0.1) is 0 Å². The summed E-state index contributed by atoms with van der Waals surface area (Å²) in [6, 6.07) is 18.7. The van der Waals surface area contributed by atoms with Gasteiger partial charge in [0, 0.05) is 51.7 Å². The third kappa shape index (κ3) is 7.21. The summed E-state index contributed by atoms with van der Waals surface area (Å²) in [5, 5.41) is 3.62. The van der Waals surface area contributed by atoms with Gasteiger partial charge in [-0.15, -0.1) is 0 Å². The predicted molar refractivity (Wildman–Crippen MR) is 123 cm³/mol. The van der Waals surface area contributed by atoms with Crippen LogP contribution in [-0.2, 0) is 26.2 Å². The highest BCUT2D eigenvalue weighted by Crippen LogP contribution is 2.12. The minimum Gasteiger partial charge on any atom is -0.317 e. The molecule has 4 rings (SSSR count). The standard InChI is InChI=1S/C25H32N6/c1-3-14-27-22(8-1)18-30-16-6-12-26-13-7-17-31(19-23-9-2-4-15-28-23)21-25-11-5-10-24(20-30)29-25/h1-5,8-11,14-15,26H,6-7,12-13,16-21H2. The van der Waals surface area contributed by atoms with Crippen molar-refractivity contribution in [2.45, 2.75) is 39.0 Å². The summed E-state index contributed by atoms with van der Waals surface area (Å²) in [5.74, 6) is 0. The molecule has 162 valence electrons. The van der Waals surface area contributed by atoms with Crippen LogP contribution in [0.3, 0.4) is 0 Å². The molecule has 0 aromatic carbocycles. The van der Waals surface area contributed by atoms with E-state index in [0.29, 0.717) is 0 Å². The van der Waals surface area contributed by atoms with Crippen LogP contribution in [-0.4, -0.2) is 50.9 Å². The van der Waals surface area contributed by atoms with Gasteiger partial charge in [0.15, 0.2) is 0 Å². The van der Waals surface area contributed by atoms with Crippen molar-refractivity contribution in [3.05, 3.63) is 89.8 Å². The van der Waals surface area contributed by atoms with E-state index < -0.39 is 0 Å². The monoisotopic (exact) mass is 416 g/mol. The Balaban J connectivity index is 1.49. The molecule has 0 amide bonds. The Kier molecular flexibility index (Phi) is 8.10. The minimum absolute atomic E-state index is 0.838. The summed E-state index contributed by atoms with van der Waals surface area (Å²) >= 11 is 0. The van der Waals surface area contributed by atoms with E-state index in [9.17, 15) is 0 Å². The van der Waals surface area contributed by atoms with Crippen molar-refractivity contribution in [3.8, 4) is 0 Å². The van der Waals surface area contributed by atoms with Crippen molar-refractivity contribution in [2.75, 3.05) is 26.2 Å². The van der Waals surface area contributed by atoms with Gasteiger partial charge in [-0.2, -0.15) is 0 Å². The third-order valence-electron chi connectivity index (χ3n) is 5.51. The Morgan fingerprint density at radius 2 is 1.23 bits per heavy atom. The van der Waals surface area contributed by atoms with Crippen LogP contribution in [0.15, 0.2) is 67.0 Å². The Morgan fingerprint density at radius 3 is 1.71 bits per heavy atom. The maximum absolute atomic E-state index is 5.00. The maximum atomic E-state index is 5.00. The highest BCUT2D eigenvalue weighted by Gasteiger charge is 2.13. The molecule has 3 aromatic rings. The number of pyridine rings is 3. The first-order valence-electron chi connectivity index (χ1n) is 11.3. The molecule has 6 nitrogen and oxygen atoms in total. The van der Waals surface area contributed by atoms with Gasteiger partial charge < -0.3 is 5.32 Å². The first kappa shape index (κ1) is 21.6. The zero-order valence-electron chi connectivity index (χ0n) is 18.2. The largest absolute Gasteiger partial charge is 0.317 e. The fraction of sp³-hybridized carbons (Fsp3) is 0.400. The lowest BCUT2D eigenvalue weighted by molar-refractivity contribution is 0.234. The van der Waals surface area contributed by atoms with Crippen molar-refractivity contribution in [3.63, 3.8) is 0 Å². The molecule has 1 aliphatic rings. The molecule has 6 heteroatoms. The van der Waals surface area contributed by atoms with Crippen molar-refractivity contribution < 1.29 is 0 Å². The Morgan fingerprint density at radius 1 is 0.677 bits per heavy atom. The van der Waals surface area contributed by atoms with E-state index in [1.54, 1.807) is 0 Å². The molecule has 0 spiro atoms. The topological polar surface area (TPSA) is 57.2 Å². The van der Waals surface area contributed by atoms with Crippen LogP contribution in [0.25, 0.3) is 0 Å². The normalized spacial score (nSPS) is 17.2. The van der Waals surface area contributed by atoms with Crippen LogP contribution >= 0.6 is 0 Å². The molecule has 31 heavy (non-hydrogen) atoms. The quantitative estimate of drug-likeness (QED) is 0.705. The maximum Gasteiger partial charge on any atom is 0.0548 e. The average Bonchev–Trinajstić information content (AvgIpc) is 2.79. The number of rotatable bonds is 4. The first-order valence-corrected chi connectivity index (χ1v) is 11.3. The smallest absolute Gasteiger partial charge is 0.0548 e. The van der Waals surface area contributed by atoms with E-state index in [2.05, 4.69) is 67.5 Å². The van der Waals surface area contributed by atoms with Crippen molar-refractivity contribution >= 4 is 0 Å². The molecule has 3 aromatic heterocycles. The van der Waals surface area contributed by atoms with Gasteiger partial charge in [-0.3, -0.25) is 24.8 Å².